The largest absolute Gasteiger partial charge is 0.313 e. The second-order valence-corrected chi connectivity index (χ2v) is 5.01. The first-order chi connectivity index (χ1) is 7.86. The monoisotopic (exact) mass is 220 g/mol. The van der Waals surface area contributed by atoms with E-state index in [-0.39, 0.29) is 5.54 Å². The molecule has 0 aromatic carbocycles. The Balaban J connectivity index is 2.01. The summed E-state index contributed by atoms with van der Waals surface area (Å²) in [5.74, 6) is 2.39. The van der Waals surface area contributed by atoms with Crippen LogP contribution in [0.1, 0.15) is 50.7 Å². The second-order valence-electron chi connectivity index (χ2n) is 5.01. The molecule has 1 unspecified atom stereocenters. The number of nitrogens with zero attached hydrogens (tertiary/aromatic N) is 3. The van der Waals surface area contributed by atoms with Crippen molar-refractivity contribution in [2.45, 2.75) is 57.5 Å². The lowest BCUT2D eigenvalue weighted by molar-refractivity contribution is 0.328. The molecule has 1 atom stereocenters. The molecule has 4 heteroatoms. The maximum absolute atomic E-state index is 4.47. The van der Waals surface area contributed by atoms with Gasteiger partial charge in [-0.15, -0.1) is 10.2 Å². The van der Waals surface area contributed by atoms with Gasteiger partial charge in [0.1, 0.15) is 5.82 Å². The molecule has 0 radical (unpaired) electrons. The van der Waals surface area contributed by atoms with Crippen LogP contribution < -0.4 is 5.32 Å². The molecule has 0 saturated carbocycles. The molecule has 88 valence electrons. The first kappa shape index (κ1) is 10.3. The van der Waals surface area contributed by atoms with Gasteiger partial charge >= 0.3 is 0 Å². The first-order valence-corrected chi connectivity index (χ1v) is 6.53. The lowest BCUT2D eigenvalue weighted by atomic mass is 9.93. The van der Waals surface area contributed by atoms with E-state index in [1.165, 1.54) is 37.3 Å². The quantitative estimate of drug-likeness (QED) is 0.823. The number of aromatic nitrogens is 3. The Morgan fingerprint density at radius 3 is 3.00 bits per heavy atom. The average molecular weight is 220 g/mol. The lowest BCUT2D eigenvalue weighted by Gasteiger charge is -2.28. The molecule has 4 nitrogen and oxygen atoms in total. The van der Waals surface area contributed by atoms with E-state index in [1.54, 1.807) is 0 Å². The number of hydrogen-bond donors (Lipinski definition) is 1. The van der Waals surface area contributed by atoms with Crippen molar-refractivity contribution in [2.24, 2.45) is 0 Å². The molecule has 1 saturated heterocycles. The van der Waals surface area contributed by atoms with Crippen LogP contribution in [-0.4, -0.2) is 21.3 Å². The van der Waals surface area contributed by atoms with E-state index in [2.05, 4.69) is 27.0 Å². The van der Waals surface area contributed by atoms with Crippen molar-refractivity contribution < 1.29 is 0 Å². The summed E-state index contributed by atoms with van der Waals surface area (Å²) < 4.78 is 2.37. The zero-order valence-corrected chi connectivity index (χ0v) is 10.00. The summed E-state index contributed by atoms with van der Waals surface area (Å²) in [6.07, 6.45) is 7.23. The smallest absolute Gasteiger partial charge is 0.153 e. The predicted molar refractivity (Wildman–Crippen MR) is 62.2 cm³/mol. The van der Waals surface area contributed by atoms with Crippen molar-refractivity contribution in [3.8, 4) is 0 Å². The lowest BCUT2D eigenvalue weighted by Crippen LogP contribution is -2.39. The SMILES string of the molecule is CCC1(c2nnc3n2CCCC3)CCCN1. The van der Waals surface area contributed by atoms with Gasteiger partial charge in [-0.2, -0.15) is 0 Å². The van der Waals surface area contributed by atoms with Crippen LogP contribution >= 0.6 is 0 Å². The molecule has 0 bridgehead atoms. The fourth-order valence-corrected chi connectivity index (χ4v) is 3.12. The molecule has 2 aliphatic rings. The van der Waals surface area contributed by atoms with Crippen LogP contribution in [0.3, 0.4) is 0 Å². The van der Waals surface area contributed by atoms with E-state index < -0.39 is 0 Å². The predicted octanol–water partition coefficient (Wildman–Crippen LogP) is 1.60. The number of nitrogens with one attached hydrogen (secondary N) is 1. The van der Waals surface area contributed by atoms with Crippen molar-refractivity contribution in [2.75, 3.05) is 6.54 Å². The summed E-state index contributed by atoms with van der Waals surface area (Å²) in [5.41, 5.74) is 0.114. The van der Waals surface area contributed by atoms with Gasteiger partial charge < -0.3 is 9.88 Å². The van der Waals surface area contributed by atoms with Crippen molar-refractivity contribution >= 4 is 0 Å². The maximum Gasteiger partial charge on any atom is 0.153 e. The highest BCUT2D eigenvalue weighted by atomic mass is 15.3. The Hall–Kier alpha value is -0.900. The normalized spacial score (nSPS) is 29.3. The van der Waals surface area contributed by atoms with Gasteiger partial charge in [-0.05, 0) is 38.6 Å². The Labute approximate surface area is 96.4 Å². The van der Waals surface area contributed by atoms with E-state index in [0.717, 1.165) is 25.9 Å². The zero-order chi connectivity index (χ0) is 11.0. The van der Waals surface area contributed by atoms with Crippen LogP contribution in [0.2, 0.25) is 0 Å². The molecule has 1 fully saturated rings. The first-order valence-electron chi connectivity index (χ1n) is 6.53. The molecule has 3 heterocycles. The molecular formula is C12H20N4. The van der Waals surface area contributed by atoms with Crippen LogP contribution in [0.4, 0.5) is 0 Å². The topological polar surface area (TPSA) is 42.7 Å². The fraction of sp³-hybridized carbons (Fsp3) is 0.833. The molecule has 16 heavy (non-hydrogen) atoms. The maximum atomic E-state index is 4.47. The van der Waals surface area contributed by atoms with Crippen LogP contribution in [0.5, 0.6) is 0 Å². The minimum Gasteiger partial charge on any atom is -0.313 e. The van der Waals surface area contributed by atoms with E-state index in [4.69, 9.17) is 0 Å². The molecule has 1 aromatic rings. The Kier molecular flexibility index (Phi) is 2.46. The third-order valence-corrected chi connectivity index (χ3v) is 4.13. The van der Waals surface area contributed by atoms with E-state index >= 15 is 0 Å². The summed E-state index contributed by atoms with van der Waals surface area (Å²) in [4.78, 5) is 0. The van der Waals surface area contributed by atoms with Crippen LogP contribution in [0.15, 0.2) is 0 Å². The second kappa shape index (κ2) is 3.84. The third kappa shape index (κ3) is 1.39. The summed E-state index contributed by atoms with van der Waals surface area (Å²) in [6, 6.07) is 0. The summed E-state index contributed by atoms with van der Waals surface area (Å²) in [7, 11) is 0. The highest BCUT2D eigenvalue weighted by Gasteiger charge is 2.38. The van der Waals surface area contributed by atoms with Crippen LogP contribution in [-0.2, 0) is 18.5 Å². The third-order valence-electron chi connectivity index (χ3n) is 4.13. The van der Waals surface area contributed by atoms with Gasteiger partial charge in [-0.1, -0.05) is 6.92 Å². The molecule has 0 amide bonds. The van der Waals surface area contributed by atoms with Gasteiger partial charge in [-0.25, -0.2) is 0 Å². The van der Waals surface area contributed by atoms with Crippen molar-refractivity contribution in [3.63, 3.8) is 0 Å². The number of aryl methyl sites for hydroxylation is 1. The molecule has 2 aliphatic heterocycles. The average Bonchev–Trinajstić information content (AvgIpc) is 2.96. The van der Waals surface area contributed by atoms with Gasteiger partial charge in [0.15, 0.2) is 5.82 Å². The molecule has 1 N–H and O–H groups in total. The highest BCUT2D eigenvalue weighted by Crippen LogP contribution is 2.34. The number of fused-ring (bicyclic) bond motifs is 1. The Bertz CT molecular complexity index is 376. The molecule has 0 spiro atoms. The Morgan fingerprint density at radius 1 is 1.31 bits per heavy atom. The zero-order valence-electron chi connectivity index (χ0n) is 10.00. The molecular weight excluding hydrogens is 200 g/mol. The van der Waals surface area contributed by atoms with E-state index in [9.17, 15) is 0 Å². The van der Waals surface area contributed by atoms with Gasteiger partial charge in [-0.3, -0.25) is 0 Å². The summed E-state index contributed by atoms with van der Waals surface area (Å²) in [5, 5.41) is 12.5. The molecule has 1 aromatic heterocycles. The van der Waals surface area contributed by atoms with E-state index in [0.29, 0.717) is 0 Å². The van der Waals surface area contributed by atoms with Crippen molar-refractivity contribution in [1.29, 1.82) is 0 Å². The minimum atomic E-state index is 0.114. The van der Waals surface area contributed by atoms with Gasteiger partial charge in [0.2, 0.25) is 0 Å². The molecule has 3 rings (SSSR count). The van der Waals surface area contributed by atoms with Gasteiger partial charge in [0.25, 0.3) is 0 Å². The molecule has 0 aliphatic carbocycles. The van der Waals surface area contributed by atoms with Gasteiger partial charge in [0, 0.05) is 13.0 Å². The van der Waals surface area contributed by atoms with Crippen molar-refractivity contribution in [1.82, 2.24) is 20.1 Å². The Morgan fingerprint density at radius 2 is 2.25 bits per heavy atom. The summed E-state index contributed by atoms with van der Waals surface area (Å²) in [6.45, 7) is 4.49. The standard InChI is InChI=1S/C12H20N4/c1-2-12(7-5-8-13-12)11-15-14-10-6-3-4-9-16(10)11/h13H,2-9H2,1H3. The minimum absolute atomic E-state index is 0.114. The number of hydrogen-bond acceptors (Lipinski definition) is 3. The summed E-state index contributed by atoms with van der Waals surface area (Å²) >= 11 is 0. The fourth-order valence-electron chi connectivity index (χ4n) is 3.12. The van der Waals surface area contributed by atoms with Crippen LogP contribution in [0, 0.1) is 0 Å². The van der Waals surface area contributed by atoms with Crippen LogP contribution in [0.25, 0.3) is 0 Å². The highest BCUT2D eigenvalue weighted by molar-refractivity contribution is 5.12. The van der Waals surface area contributed by atoms with E-state index in [1.807, 2.05) is 0 Å². The van der Waals surface area contributed by atoms with Crippen molar-refractivity contribution in [3.05, 3.63) is 11.6 Å². The van der Waals surface area contributed by atoms with Gasteiger partial charge in [0.05, 0.1) is 5.54 Å². The number of rotatable bonds is 2.